The molecule has 0 fully saturated rings. The van der Waals surface area contributed by atoms with Crippen LogP contribution in [0.2, 0.25) is 0 Å². The highest BCUT2D eigenvalue weighted by molar-refractivity contribution is 9.10. The van der Waals surface area contributed by atoms with Gasteiger partial charge in [0.15, 0.2) is 0 Å². The van der Waals surface area contributed by atoms with Gasteiger partial charge in [-0.25, -0.2) is 0 Å². The number of nitrogens with two attached hydrogens (primary N) is 1. The SMILES string of the molecule is Cc1cc(S(=O)Cc2ccc(Br)cc2)ccc1N. The summed E-state index contributed by atoms with van der Waals surface area (Å²) in [6.45, 7) is 1.93. The molecule has 2 rings (SSSR count). The van der Waals surface area contributed by atoms with Crippen molar-refractivity contribution in [1.29, 1.82) is 0 Å². The van der Waals surface area contributed by atoms with E-state index in [2.05, 4.69) is 15.9 Å². The Labute approximate surface area is 118 Å². The summed E-state index contributed by atoms with van der Waals surface area (Å²) >= 11 is 3.38. The van der Waals surface area contributed by atoms with Gasteiger partial charge in [-0.05, 0) is 48.4 Å². The Morgan fingerprint density at radius 2 is 1.83 bits per heavy atom. The molecule has 0 aliphatic heterocycles. The van der Waals surface area contributed by atoms with Crippen LogP contribution in [0.3, 0.4) is 0 Å². The molecule has 2 aromatic carbocycles. The molecule has 2 N–H and O–H groups in total. The summed E-state index contributed by atoms with van der Waals surface area (Å²) in [5.41, 5.74) is 8.52. The van der Waals surface area contributed by atoms with Gasteiger partial charge < -0.3 is 5.73 Å². The largest absolute Gasteiger partial charge is 0.399 e. The standard InChI is InChI=1S/C14H14BrNOS/c1-10-8-13(6-7-14(10)16)18(17)9-11-2-4-12(15)5-3-11/h2-8H,9,16H2,1H3. The first-order chi connectivity index (χ1) is 8.56. The van der Waals surface area contributed by atoms with Gasteiger partial charge in [0.05, 0.1) is 16.6 Å². The Bertz CT molecular complexity index is 581. The van der Waals surface area contributed by atoms with Gasteiger partial charge >= 0.3 is 0 Å². The van der Waals surface area contributed by atoms with Crippen molar-refractivity contribution < 1.29 is 4.21 Å². The van der Waals surface area contributed by atoms with Crippen LogP contribution in [0, 0.1) is 6.92 Å². The number of hydrogen-bond acceptors (Lipinski definition) is 2. The van der Waals surface area contributed by atoms with Crippen LogP contribution >= 0.6 is 15.9 Å². The molecule has 0 heterocycles. The first kappa shape index (κ1) is 13.3. The third-order valence-corrected chi connectivity index (χ3v) is 4.62. The van der Waals surface area contributed by atoms with Crippen molar-refractivity contribution in [3.63, 3.8) is 0 Å². The van der Waals surface area contributed by atoms with Crippen LogP contribution in [0.5, 0.6) is 0 Å². The second kappa shape index (κ2) is 5.67. The average molecular weight is 324 g/mol. The van der Waals surface area contributed by atoms with E-state index in [0.717, 1.165) is 26.2 Å². The van der Waals surface area contributed by atoms with Crippen molar-refractivity contribution in [2.24, 2.45) is 0 Å². The van der Waals surface area contributed by atoms with E-state index in [4.69, 9.17) is 5.73 Å². The zero-order valence-corrected chi connectivity index (χ0v) is 12.4. The minimum Gasteiger partial charge on any atom is -0.399 e. The summed E-state index contributed by atoms with van der Waals surface area (Å²) in [4.78, 5) is 0.824. The molecule has 0 aromatic heterocycles. The maximum absolute atomic E-state index is 12.2. The summed E-state index contributed by atoms with van der Waals surface area (Å²) in [5.74, 6) is 0.524. The van der Waals surface area contributed by atoms with Crippen molar-refractivity contribution in [1.82, 2.24) is 0 Å². The van der Waals surface area contributed by atoms with Crippen LogP contribution in [0.4, 0.5) is 5.69 Å². The van der Waals surface area contributed by atoms with Gasteiger partial charge in [-0.15, -0.1) is 0 Å². The molecule has 2 nitrogen and oxygen atoms in total. The molecule has 0 aliphatic rings. The van der Waals surface area contributed by atoms with Crippen LogP contribution in [0.15, 0.2) is 51.8 Å². The molecule has 0 saturated heterocycles. The zero-order valence-electron chi connectivity index (χ0n) is 10.0. The third kappa shape index (κ3) is 3.21. The fourth-order valence-corrected chi connectivity index (χ4v) is 3.06. The Balaban J connectivity index is 2.16. The van der Waals surface area contributed by atoms with Crippen LogP contribution in [0.1, 0.15) is 11.1 Å². The lowest BCUT2D eigenvalue weighted by Gasteiger charge is -2.06. The van der Waals surface area contributed by atoms with Gasteiger partial charge in [0.25, 0.3) is 0 Å². The molecule has 0 spiro atoms. The van der Waals surface area contributed by atoms with Crippen molar-refractivity contribution in [2.75, 3.05) is 5.73 Å². The van der Waals surface area contributed by atoms with Crippen LogP contribution in [-0.2, 0) is 16.6 Å². The monoisotopic (exact) mass is 323 g/mol. The molecular formula is C14H14BrNOS. The predicted molar refractivity (Wildman–Crippen MR) is 79.8 cm³/mol. The number of anilines is 1. The van der Waals surface area contributed by atoms with Crippen LogP contribution < -0.4 is 5.73 Å². The number of halogens is 1. The summed E-state index contributed by atoms with van der Waals surface area (Å²) in [6.07, 6.45) is 0. The van der Waals surface area contributed by atoms with E-state index >= 15 is 0 Å². The zero-order chi connectivity index (χ0) is 13.1. The Hall–Kier alpha value is -1.13. The van der Waals surface area contributed by atoms with Crippen molar-refractivity contribution in [3.8, 4) is 0 Å². The molecule has 0 aliphatic carbocycles. The molecule has 0 bridgehead atoms. The molecule has 18 heavy (non-hydrogen) atoms. The maximum Gasteiger partial charge on any atom is 0.0574 e. The highest BCUT2D eigenvalue weighted by Gasteiger charge is 2.06. The van der Waals surface area contributed by atoms with Gasteiger partial charge in [-0.2, -0.15) is 0 Å². The van der Waals surface area contributed by atoms with Gasteiger partial charge in [-0.1, -0.05) is 28.1 Å². The fourth-order valence-electron chi connectivity index (χ4n) is 1.61. The van der Waals surface area contributed by atoms with Crippen molar-refractivity contribution >= 4 is 32.4 Å². The predicted octanol–water partition coefficient (Wildman–Crippen LogP) is 3.65. The van der Waals surface area contributed by atoms with E-state index < -0.39 is 10.8 Å². The smallest absolute Gasteiger partial charge is 0.0574 e. The first-order valence-corrected chi connectivity index (χ1v) is 7.66. The fraction of sp³-hybridized carbons (Fsp3) is 0.143. The van der Waals surface area contributed by atoms with Gasteiger partial charge in [-0.3, -0.25) is 4.21 Å². The van der Waals surface area contributed by atoms with E-state index in [1.165, 1.54) is 0 Å². The minimum atomic E-state index is -1.03. The summed E-state index contributed by atoms with van der Waals surface area (Å²) < 4.78 is 13.2. The second-order valence-corrected chi connectivity index (χ2v) is 6.50. The van der Waals surface area contributed by atoms with Crippen LogP contribution in [0.25, 0.3) is 0 Å². The Morgan fingerprint density at radius 1 is 1.17 bits per heavy atom. The number of aryl methyl sites for hydroxylation is 1. The van der Waals surface area contributed by atoms with Gasteiger partial charge in [0.2, 0.25) is 0 Å². The quantitative estimate of drug-likeness (QED) is 0.876. The lowest BCUT2D eigenvalue weighted by Crippen LogP contribution is -1.98. The summed E-state index contributed by atoms with van der Waals surface area (Å²) in [6, 6.07) is 13.4. The maximum atomic E-state index is 12.2. The van der Waals surface area contributed by atoms with E-state index in [-0.39, 0.29) is 0 Å². The highest BCUT2D eigenvalue weighted by atomic mass is 79.9. The first-order valence-electron chi connectivity index (χ1n) is 5.55. The number of nitrogen functional groups attached to an aromatic ring is 1. The molecule has 4 heteroatoms. The summed E-state index contributed by atoms with van der Waals surface area (Å²) in [7, 11) is -1.03. The molecule has 0 radical (unpaired) electrons. The second-order valence-electron chi connectivity index (χ2n) is 4.13. The normalized spacial score (nSPS) is 12.3. The van der Waals surface area contributed by atoms with E-state index in [1.807, 2.05) is 49.4 Å². The molecular weight excluding hydrogens is 310 g/mol. The topological polar surface area (TPSA) is 43.1 Å². The molecule has 94 valence electrons. The third-order valence-electron chi connectivity index (χ3n) is 2.72. The van der Waals surface area contributed by atoms with E-state index in [0.29, 0.717) is 5.75 Å². The molecule has 1 unspecified atom stereocenters. The number of hydrogen-bond donors (Lipinski definition) is 1. The molecule has 0 saturated carbocycles. The van der Waals surface area contributed by atoms with E-state index in [1.54, 1.807) is 0 Å². The van der Waals surface area contributed by atoms with Gasteiger partial charge in [0, 0.05) is 15.1 Å². The van der Waals surface area contributed by atoms with Crippen molar-refractivity contribution in [2.45, 2.75) is 17.6 Å². The summed E-state index contributed by atoms with van der Waals surface area (Å²) in [5, 5.41) is 0. The molecule has 0 amide bonds. The molecule has 1 atom stereocenters. The Kier molecular flexibility index (Phi) is 4.19. The van der Waals surface area contributed by atoms with Gasteiger partial charge in [0.1, 0.15) is 0 Å². The lowest BCUT2D eigenvalue weighted by molar-refractivity contribution is 0.682. The highest BCUT2D eigenvalue weighted by Crippen LogP contribution is 2.19. The van der Waals surface area contributed by atoms with Crippen molar-refractivity contribution in [3.05, 3.63) is 58.1 Å². The number of rotatable bonds is 3. The Morgan fingerprint density at radius 3 is 2.44 bits per heavy atom. The lowest BCUT2D eigenvalue weighted by atomic mass is 10.2. The van der Waals surface area contributed by atoms with Crippen LogP contribution in [-0.4, -0.2) is 4.21 Å². The number of benzene rings is 2. The molecule has 2 aromatic rings. The average Bonchev–Trinajstić information content (AvgIpc) is 2.35. The van der Waals surface area contributed by atoms with E-state index in [9.17, 15) is 4.21 Å². The minimum absolute atomic E-state index is 0.524.